The molecular formula is C106H72N16. The van der Waals surface area contributed by atoms with Crippen molar-refractivity contribution in [2.75, 3.05) is 14.7 Å². The van der Waals surface area contributed by atoms with E-state index in [1.165, 1.54) is 10.8 Å². The third-order valence-electron chi connectivity index (χ3n) is 22.0. The van der Waals surface area contributed by atoms with Crippen LogP contribution in [0.2, 0.25) is 0 Å². The number of fused-ring (bicyclic) bond motifs is 12. The monoisotopic (exact) mass is 1570 g/mol. The van der Waals surface area contributed by atoms with Crippen LogP contribution in [0.4, 0.5) is 51.8 Å². The van der Waals surface area contributed by atoms with Gasteiger partial charge in [-0.05, 0) is 258 Å². The third kappa shape index (κ3) is 13.9. The Morgan fingerprint density at radius 3 is 0.926 bits per heavy atom. The molecule has 13 heterocycles. The van der Waals surface area contributed by atoms with E-state index in [1.54, 1.807) is 24.8 Å². The number of pyridine rings is 10. The number of para-hydroxylation sites is 3. The van der Waals surface area contributed by atoms with E-state index in [4.69, 9.17) is 19.9 Å². The lowest BCUT2D eigenvalue weighted by atomic mass is 10.0. The van der Waals surface area contributed by atoms with Crippen molar-refractivity contribution >= 4 is 139 Å². The van der Waals surface area contributed by atoms with Crippen molar-refractivity contribution in [2.24, 2.45) is 0 Å². The molecule has 0 aliphatic heterocycles. The molecule has 0 saturated carbocycles. The van der Waals surface area contributed by atoms with E-state index in [-0.39, 0.29) is 0 Å². The van der Waals surface area contributed by atoms with Gasteiger partial charge in [0.15, 0.2) is 0 Å². The zero-order chi connectivity index (χ0) is 81.1. The van der Waals surface area contributed by atoms with Gasteiger partial charge in [-0.2, -0.15) is 0 Å². The molecule has 0 N–H and O–H groups in total. The van der Waals surface area contributed by atoms with E-state index in [0.29, 0.717) is 0 Å². The molecule has 16 nitrogen and oxygen atoms in total. The summed E-state index contributed by atoms with van der Waals surface area (Å²) < 4.78 is 6.59. The van der Waals surface area contributed by atoms with Gasteiger partial charge in [0.1, 0.15) is 51.8 Å². The van der Waals surface area contributed by atoms with Crippen molar-refractivity contribution in [1.29, 1.82) is 0 Å². The first kappa shape index (κ1) is 72.7. The molecule has 0 aliphatic carbocycles. The number of hydrogen-bond acceptors (Lipinski definition) is 13. The molecule has 122 heavy (non-hydrogen) atoms. The Labute approximate surface area is 701 Å². The normalized spacial score (nSPS) is 11.3. The van der Waals surface area contributed by atoms with Gasteiger partial charge in [-0.25, -0.2) is 44.9 Å². The molecular weight excluding hydrogens is 1500 g/mol. The van der Waals surface area contributed by atoms with E-state index < -0.39 is 0 Å². The summed E-state index contributed by atoms with van der Waals surface area (Å²) in [6.07, 6.45) is 16.4. The van der Waals surface area contributed by atoms with Crippen molar-refractivity contribution in [3.8, 4) is 50.6 Å². The highest BCUT2D eigenvalue weighted by atomic mass is 15.2. The number of benzene rings is 10. The molecule has 0 saturated heterocycles. The van der Waals surface area contributed by atoms with Crippen LogP contribution in [0.25, 0.3) is 138 Å². The Morgan fingerprint density at radius 1 is 0.189 bits per heavy atom. The van der Waals surface area contributed by atoms with Gasteiger partial charge in [0.05, 0.1) is 27.6 Å². The second-order valence-electron chi connectivity index (χ2n) is 29.3. The molecule has 10 aromatic carbocycles. The molecule has 0 unspecified atom stereocenters. The second kappa shape index (κ2) is 32.2. The number of nitrogens with zero attached hydrogens (tertiary/aromatic N) is 16. The van der Waals surface area contributed by atoms with Gasteiger partial charge >= 0.3 is 0 Å². The van der Waals surface area contributed by atoms with Crippen molar-refractivity contribution in [3.05, 3.63) is 438 Å². The quantitative estimate of drug-likeness (QED) is 0.0896. The Hall–Kier alpha value is -17.0. The summed E-state index contributed by atoms with van der Waals surface area (Å²) in [4.78, 5) is 53.3. The van der Waals surface area contributed by atoms with Crippen molar-refractivity contribution in [3.63, 3.8) is 0 Å². The molecule has 0 aliphatic rings. The highest BCUT2D eigenvalue weighted by molar-refractivity contribution is 6.12. The zero-order valence-corrected chi connectivity index (χ0v) is 65.7. The van der Waals surface area contributed by atoms with Gasteiger partial charge < -0.3 is 0 Å². The Bertz CT molecular complexity index is 7300. The van der Waals surface area contributed by atoms with Crippen LogP contribution in [0, 0.1) is 0 Å². The molecule has 0 fully saturated rings. The first-order valence-electron chi connectivity index (χ1n) is 40.3. The largest absolute Gasteiger partial charge is 0.295 e. The van der Waals surface area contributed by atoms with Gasteiger partial charge in [0.25, 0.3) is 0 Å². The minimum absolute atomic E-state index is 0.815. The number of anilines is 9. The van der Waals surface area contributed by atoms with E-state index in [1.807, 2.05) is 164 Å². The number of hydrogen-bond donors (Lipinski definition) is 0. The molecule has 0 atom stereocenters. The Kier molecular flexibility index (Phi) is 19.2. The minimum atomic E-state index is 0.815. The Morgan fingerprint density at radius 2 is 0.516 bits per heavy atom. The maximum absolute atomic E-state index is 5.18. The van der Waals surface area contributed by atoms with Gasteiger partial charge in [0, 0.05) is 133 Å². The van der Waals surface area contributed by atoms with Crippen LogP contribution in [0.5, 0.6) is 0 Å². The van der Waals surface area contributed by atoms with Crippen LogP contribution < -0.4 is 14.7 Å². The van der Waals surface area contributed by atoms with Gasteiger partial charge in [-0.1, -0.05) is 158 Å². The highest BCUT2D eigenvalue weighted by Gasteiger charge is 2.23. The van der Waals surface area contributed by atoms with Crippen molar-refractivity contribution < 1.29 is 0 Å². The summed E-state index contributed by atoms with van der Waals surface area (Å²) >= 11 is 0. The predicted octanol–water partition coefficient (Wildman–Crippen LogP) is 26.0. The lowest BCUT2D eigenvalue weighted by Crippen LogP contribution is -2.12. The van der Waals surface area contributed by atoms with Crippen LogP contribution in [0.3, 0.4) is 0 Å². The zero-order valence-electron chi connectivity index (χ0n) is 65.7. The first-order chi connectivity index (χ1) is 60.5. The number of aromatic nitrogens is 13. The smallest absolute Gasteiger partial charge is 0.146 e. The highest BCUT2D eigenvalue weighted by Crippen LogP contribution is 2.43. The van der Waals surface area contributed by atoms with Crippen LogP contribution in [0.1, 0.15) is 0 Å². The van der Waals surface area contributed by atoms with E-state index in [9.17, 15) is 0 Å². The standard InChI is InChI=1S/C41H27N5.C33H23N5.C32H22N6/c1-3-10-32(11-4-1)45(38-24-20-30-16-15-29-9-7-25-42-39(29)40(30)44-38)34-21-17-28(18-22-34)31-19-23-37-36(27-31)35-14-8-26-43-41(35)46(37)33-12-5-2-6-13-33;1-2-9-26(10-3-1)37-30-19-16-25(23-29(30)28-11-8-22-36-33(28)37)24-14-17-27(18-15-24)38(31-12-4-6-20-34-31)32-13-5-7-21-35-32;1-4-18-33-29(9-1)37(30-10-2-5-19-34-30)25-15-12-23(13-16-25)24-14-17-28-27(22-24)26-8-7-21-36-32(26)38(28)31-11-3-6-20-35-31/h1-27H;1-23H;1-22H. The fourth-order valence-corrected chi connectivity index (χ4v) is 16.4. The molecule has 0 radical (unpaired) electrons. The lowest BCUT2D eigenvalue weighted by Gasteiger charge is -2.25. The average Bonchev–Trinajstić information content (AvgIpc) is 1.54. The maximum Gasteiger partial charge on any atom is 0.146 e. The predicted molar refractivity (Wildman–Crippen MR) is 496 cm³/mol. The fraction of sp³-hybridized carbons (Fsp3) is 0. The van der Waals surface area contributed by atoms with Crippen molar-refractivity contribution in [2.45, 2.75) is 0 Å². The maximum atomic E-state index is 5.18. The average molecular weight is 1570 g/mol. The van der Waals surface area contributed by atoms with Crippen LogP contribution in [-0.2, 0) is 0 Å². The molecule has 16 heteroatoms. The molecule has 23 rings (SSSR count). The summed E-state index contributed by atoms with van der Waals surface area (Å²) in [5.41, 5.74) is 21.1. The van der Waals surface area contributed by atoms with Gasteiger partial charge in [-0.15, -0.1) is 0 Å². The second-order valence-corrected chi connectivity index (χ2v) is 29.3. The van der Waals surface area contributed by atoms with Gasteiger partial charge in [-0.3, -0.25) is 33.4 Å². The molecule has 13 aromatic heterocycles. The van der Waals surface area contributed by atoms with Crippen LogP contribution in [-0.4, -0.2) is 63.5 Å². The minimum Gasteiger partial charge on any atom is -0.295 e. The first-order valence-corrected chi connectivity index (χ1v) is 40.3. The molecule has 576 valence electrons. The topological polar surface area (TPSA) is 153 Å². The van der Waals surface area contributed by atoms with E-state index in [0.717, 1.165) is 179 Å². The fourth-order valence-electron chi connectivity index (χ4n) is 16.4. The summed E-state index contributed by atoms with van der Waals surface area (Å²) in [6.45, 7) is 0. The van der Waals surface area contributed by atoms with Crippen LogP contribution in [0.15, 0.2) is 438 Å². The molecule has 23 aromatic rings. The molecule has 0 amide bonds. The van der Waals surface area contributed by atoms with Crippen molar-refractivity contribution in [1.82, 2.24) is 63.5 Å². The van der Waals surface area contributed by atoms with E-state index >= 15 is 0 Å². The summed E-state index contributed by atoms with van der Waals surface area (Å²) in [6, 6.07) is 131. The molecule has 0 spiro atoms. The summed E-state index contributed by atoms with van der Waals surface area (Å²) in [5.74, 6) is 4.97. The lowest BCUT2D eigenvalue weighted by molar-refractivity contribution is 1.06. The Balaban J connectivity index is 0.000000113. The van der Waals surface area contributed by atoms with Gasteiger partial charge in [0.2, 0.25) is 0 Å². The SMILES string of the molecule is c1ccc(-n2c3ccc(-c4ccc(N(c5ccccn5)c5ccccn5)cc4)cc3c3cccnc32)cc1.c1ccc(N(c2ccc(-c3ccc4c(c3)c3cccnc3n4-c3ccccc3)cc2)c2ccc3ccc4cccnc4c3n2)cc1.c1ccc(N(c2ccc(-c3ccc4c(c3)c3cccnc3n4-c3ccccn3)cc2)c2ccccn2)nc1. The molecule has 0 bridgehead atoms. The third-order valence-corrected chi connectivity index (χ3v) is 22.0. The van der Waals surface area contributed by atoms with Crippen LogP contribution >= 0.6 is 0 Å². The summed E-state index contributed by atoms with van der Waals surface area (Å²) in [5, 5.41) is 9.03. The number of rotatable bonds is 15. The van der Waals surface area contributed by atoms with E-state index in [2.05, 4.69) is 307 Å². The summed E-state index contributed by atoms with van der Waals surface area (Å²) in [7, 11) is 0.